The molecule has 1 heterocycles. The number of amides is 2. The second-order valence-corrected chi connectivity index (χ2v) is 6.71. The highest BCUT2D eigenvalue weighted by atomic mass is 16.2. The van der Waals surface area contributed by atoms with Crippen molar-refractivity contribution in [2.24, 2.45) is 0 Å². The monoisotopic (exact) mass is 396 g/mol. The second-order valence-electron chi connectivity index (χ2n) is 6.71. The number of carbonyl (C=O) groups is 2. The number of hydrogen-bond acceptors (Lipinski definition) is 3. The van der Waals surface area contributed by atoms with E-state index in [0.29, 0.717) is 16.9 Å². The lowest BCUT2D eigenvalue weighted by Gasteiger charge is -2.12. The zero-order valence-electron chi connectivity index (χ0n) is 16.2. The summed E-state index contributed by atoms with van der Waals surface area (Å²) in [5, 5.41) is 9.93. The number of nitrogens with one attached hydrogen (secondary N) is 2. The van der Waals surface area contributed by atoms with Crippen molar-refractivity contribution in [3.05, 3.63) is 108 Å². The van der Waals surface area contributed by atoms with Gasteiger partial charge in [0.1, 0.15) is 0 Å². The Labute approximate surface area is 174 Å². The maximum absolute atomic E-state index is 12.6. The third kappa shape index (κ3) is 4.62. The second kappa shape index (κ2) is 8.87. The van der Waals surface area contributed by atoms with Crippen LogP contribution in [0.3, 0.4) is 0 Å². The molecule has 0 bridgehead atoms. The smallest absolute Gasteiger partial charge is 0.255 e. The molecule has 2 amide bonds. The van der Waals surface area contributed by atoms with E-state index < -0.39 is 0 Å². The average Bonchev–Trinajstić information content (AvgIpc) is 3.31. The zero-order chi connectivity index (χ0) is 20.8. The van der Waals surface area contributed by atoms with Crippen LogP contribution in [0.5, 0.6) is 0 Å². The van der Waals surface area contributed by atoms with Crippen LogP contribution < -0.4 is 10.6 Å². The maximum Gasteiger partial charge on any atom is 0.255 e. The number of benzene rings is 3. The predicted octanol–water partition coefficient (Wildman–Crippen LogP) is 4.31. The first-order valence-electron chi connectivity index (χ1n) is 9.53. The normalized spacial score (nSPS) is 10.4. The third-order valence-electron chi connectivity index (χ3n) is 4.56. The minimum Gasteiger partial charge on any atom is -0.324 e. The van der Waals surface area contributed by atoms with Crippen LogP contribution >= 0.6 is 0 Å². The molecule has 0 aliphatic rings. The fraction of sp³-hybridized carbons (Fsp3) is 0.0417. The van der Waals surface area contributed by atoms with Gasteiger partial charge in [-0.05, 0) is 48.0 Å². The molecule has 2 N–H and O–H groups in total. The van der Waals surface area contributed by atoms with Gasteiger partial charge in [0.25, 0.3) is 5.91 Å². The first kappa shape index (κ1) is 19.1. The number of anilines is 2. The lowest BCUT2D eigenvalue weighted by molar-refractivity contribution is -0.115. The van der Waals surface area contributed by atoms with Gasteiger partial charge in [0.2, 0.25) is 5.91 Å². The summed E-state index contributed by atoms with van der Waals surface area (Å²) in [6, 6.07) is 25.6. The van der Waals surface area contributed by atoms with Gasteiger partial charge in [0.15, 0.2) is 0 Å². The molecule has 6 heteroatoms. The van der Waals surface area contributed by atoms with E-state index in [1.54, 1.807) is 47.3 Å². The summed E-state index contributed by atoms with van der Waals surface area (Å²) in [6.45, 7) is 0. The molecule has 0 aliphatic heterocycles. The number of rotatable bonds is 6. The van der Waals surface area contributed by atoms with E-state index in [4.69, 9.17) is 0 Å². The molecular weight excluding hydrogens is 376 g/mol. The molecule has 1 aromatic heterocycles. The van der Waals surface area contributed by atoms with Crippen molar-refractivity contribution in [3.63, 3.8) is 0 Å². The standard InChI is InChI=1S/C24H20N4O2/c29-23(17-18-11-13-20(14-12-18)28-16-6-15-25-28)26-21-9-4-5-10-22(21)27-24(30)19-7-2-1-3-8-19/h1-16H,17H2,(H,26,29)(H,27,30). The Kier molecular flexibility index (Phi) is 5.66. The molecule has 0 spiro atoms. The maximum atomic E-state index is 12.6. The van der Waals surface area contributed by atoms with E-state index in [-0.39, 0.29) is 18.2 Å². The fourth-order valence-corrected chi connectivity index (χ4v) is 3.05. The molecule has 0 atom stereocenters. The van der Waals surface area contributed by atoms with Crippen molar-refractivity contribution in [2.75, 3.05) is 10.6 Å². The summed E-state index contributed by atoms with van der Waals surface area (Å²) >= 11 is 0. The molecule has 6 nitrogen and oxygen atoms in total. The van der Waals surface area contributed by atoms with Gasteiger partial charge in [-0.15, -0.1) is 0 Å². The fourth-order valence-electron chi connectivity index (χ4n) is 3.05. The summed E-state index contributed by atoms with van der Waals surface area (Å²) in [5.41, 5.74) is 3.47. The van der Waals surface area contributed by atoms with Crippen LogP contribution in [0.15, 0.2) is 97.3 Å². The van der Waals surface area contributed by atoms with Crippen molar-refractivity contribution in [3.8, 4) is 5.69 Å². The van der Waals surface area contributed by atoms with Crippen LogP contribution in [-0.2, 0) is 11.2 Å². The van der Waals surface area contributed by atoms with Crippen molar-refractivity contribution >= 4 is 23.2 Å². The first-order valence-corrected chi connectivity index (χ1v) is 9.53. The Morgan fingerprint density at radius 3 is 2.10 bits per heavy atom. The van der Waals surface area contributed by atoms with E-state index in [1.165, 1.54) is 0 Å². The highest BCUT2D eigenvalue weighted by Gasteiger charge is 2.11. The van der Waals surface area contributed by atoms with E-state index in [9.17, 15) is 9.59 Å². The van der Waals surface area contributed by atoms with Gasteiger partial charge in [0.05, 0.1) is 23.5 Å². The van der Waals surface area contributed by atoms with Crippen LogP contribution in [-0.4, -0.2) is 21.6 Å². The number of hydrogen-bond donors (Lipinski definition) is 2. The summed E-state index contributed by atoms with van der Waals surface area (Å²) in [7, 11) is 0. The summed E-state index contributed by atoms with van der Waals surface area (Å²) in [4.78, 5) is 25.0. The largest absolute Gasteiger partial charge is 0.324 e. The molecule has 30 heavy (non-hydrogen) atoms. The third-order valence-corrected chi connectivity index (χ3v) is 4.56. The topological polar surface area (TPSA) is 76.0 Å². The highest BCUT2D eigenvalue weighted by molar-refractivity contribution is 6.07. The van der Waals surface area contributed by atoms with Gasteiger partial charge < -0.3 is 10.6 Å². The molecule has 0 saturated carbocycles. The first-order chi connectivity index (χ1) is 14.7. The minimum absolute atomic E-state index is 0.164. The van der Waals surface area contributed by atoms with Crippen molar-refractivity contribution in [1.29, 1.82) is 0 Å². The molecule has 0 fully saturated rings. The Morgan fingerprint density at radius 1 is 0.767 bits per heavy atom. The van der Waals surface area contributed by atoms with Crippen LogP contribution in [0.1, 0.15) is 15.9 Å². The number of nitrogens with zero attached hydrogens (tertiary/aromatic N) is 2. The van der Waals surface area contributed by atoms with Gasteiger partial charge in [-0.3, -0.25) is 9.59 Å². The predicted molar refractivity (Wildman–Crippen MR) is 117 cm³/mol. The molecule has 4 aromatic rings. The van der Waals surface area contributed by atoms with Crippen molar-refractivity contribution < 1.29 is 9.59 Å². The molecule has 0 radical (unpaired) electrons. The Balaban J connectivity index is 1.42. The molecular formula is C24H20N4O2. The minimum atomic E-state index is -0.230. The summed E-state index contributed by atoms with van der Waals surface area (Å²) in [6.07, 6.45) is 3.80. The van der Waals surface area contributed by atoms with Crippen LogP contribution in [0.4, 0.5) is 11.4 Å². The summed E-state index contributed by atoms with van der Waals surface area (Å²) in [5.74, 6) is -0.394. The van der Waals surface area contributed by atoms with E-state index in [1.807, 2.05) is 54.7 Å². The molecule has 3 aromatic carbocycles. The Bertz CT molecular complexity index is 1140. The quantitative estimate of drug-likeness (QED) is 0.510. The highest BCUT2D eigenvalue weighted by Crippen LogP contribution is 2.22. The van der Waals surface area contributed by atoms with Gasteiger partial charge in [-0.2, -0.15) is 5.10 Å². The average molecular weight is 396 g/mol. The molecule has 0 saturated heterocycles. The Morgan fingerprint density at radius 2 is 1.43 bits per heavy atom. The van der Waals surface area contributed by atoms with Crippen LogP contribution in [0, 0.1) is 0 Å². The van der Waals surface area contributed by atoms with Crippen LogP contribution in [0.2, 0.25) is 0 Å². The SMILES string of the molecule is O=C(Cc1ccc(-n2cccn2)cc1)Nc1ccccc1NC(=O)c1ccccc1. The zero-order valence-corrected chi connectivity index (χ0v) is 16.2. The molecule has 4 rings (SSSR count). The lowest BCUT2D eigenvalue weighted by Crippen LogP contribution is -2.18. The van der Waals surface area contributed by atoms with E-state index in [0.717, 1.165) is 11.3 Å². The van der Waals surface area contributed by atoms with Gasteiger partial charge in [-0.25, -0.2) is 4.68 Å². The molecule has 148 valence electrons. The molecule has 0 aliphatic carbocycles. The van der Waals surface area contributed by atoms with Gasteiger partial charge in [-0.1, -0.05) is 42.5 Å². The van der Waals surface area contributed by atoms with Gasteiger partial charge in [0, 0.05) is 18.0 Å². The van der Waals surface area contributed by atoms with E-state index in [2.05, 4.69) is 15.7 Å². The van der Waals surface area contributed by atoms with Crippen LogP contribution in [0.25, 0.3) is 5.69 Å². The summed E-state index contributed by atoms with van der Waals surface area (Å²) < 4.78 is 1.76. The lowest BCUT2D eigenvalue weighted by atomic mass is 10.1. The van der Waals surface area contributed by atoms with Crippen molar-refractivity contribution in [1.82, 2.24) is 9.78 Å². The number of carbonyl (C=O) groups excluding carboxylic acids is 2. The van der Waals surface area contributed by atoms with Gasteiger partial charge >= 0.3 is 0 Å². The Hall–Kier alpha value is -4.19. The molecule has 0 unspecified atom stereocenters. The number of para-hydroxylation sites is 2. The van der Waals surface area contributed by atoms with Crippen molar-refractivity contribution in [2.45, 2.75) is 6.42 Å². The number of aromatic nitrogens is 2. The van der Waals surface area contributed by atoms with E-state index >= 15 is 0 Å².